The van der Waals surface area contributed by atoms with Crippen LogP contribution in [0.15, 0.2) is 27.4 Å². The number of aryl methyl sites for hydroxylation is 1. The van der Waals surface area contributed by atoms with E-state index in [1.165, 1.54) is 4.57 Å². The molecule has 1 aromatic heterocycles. The largest absolute Gasteiger partial charge is 0.419 e. The number of fused-ring (bicyclic) bond motifs is 1. The summed E-state index contributed by atoms with van der Waals surface area (Å²) in [7, 11) is 3.56. The Bertz CT molecular complexity index is 617. The van der Waals surface area contributed by atoms with Crippen molar-refractivity contribution < 1.29 is 9.52 Å². The molecule has 0 aliphatic heterocycles. The summed E-state index contributed by atoms with van der Waals surface area (Å²) in [6.07, 6.45) is 0.107. The first-order valence-corrected chi connectivity index (χ1v) is 6.21. The third-order valence-corrected chi connectivity index (χ3v) is 3.20. The molecule has 1 atom stereocenters. The predicted octanol–water partition coefficient (Wildman–Crippen LogP) is 0.277. The molecule has 0 aliphatic rings. The summed E-state index contributed by atoms with van der Waals surface area (Å²) in [5.74, 6) is -0.377. The molecule has 0 saturated carbocycles. The van der Waals surface area contributed by atoms with Crippen LogP contribution in [0.5, 0.6) is 0 Å². The summed E-state index contributed by atoms with van der Waals surface area (Å²) in [5, 5.41) is 9.76. The number of nitrogens with two attached hydrogens (primary N) is 1. The molecule has 6 nitrogen and oxygen atoms in total. The van der Waals surface area contributed by atoms with Gasteiger partial charge in [-0.15, -0.1) is 0 Å². The van der Waals surface area contributed by atoms with Crippen molar-refractivity contribution >= 4 is 16.8 Å². The molecule has 104 valence electrons. The second-order valence-corrected chi connectivity index (χ2v) is 4.69. The van der Waals surface area contributed by atoms with Gasteiger partial charge in [-0.1, -0.05) is 0 Å². The van der Waals surface area contributed by atoms with Gasteiger partial charge in [0.05, 0.1) is 11.6 Å². The first kappa shape index (κ1) is 13.6. The van der Waals surface area contributed by atoms with E-state index in [0.29, 0.717) is 25.1 Å². The first-order chi connectivity index (χ1) is 9.02. The Morgan fingerprint density at radius 1 is 1.53 bits per heavy atom. The Morgan fingerprint density at radius 2 is 2.26 bits per heavy atom. The average Bonchev–Trinajstić information content (AvgIpc) is 2.65. The second kappa shape index (κ2) is 5.46. The minimum absolute atomic E-state index is 0.377. The van der Waals surface area contributed by atoms with Crippen molar-refractivity contribution in [1.82, 2.24) is 4.57 Å². The van der Waals surface area contributed by atoms with Crippen LogP contribution >= 0.6 is 0 Å². The first-order valence-electron chi connectivity index (χ1n) is 6.21. The van der Waals surface area contributed by atoms with Crippen molar-refractivity contribution in [2.24, 2.45) is 12.8 Å². The van der Waals surface area contributed by atoms with Crippen molar-refractivity contribution in [3.05, 3.63) is 28.7 Å². The van der Waals surface area contributed by atoms with Gasteiger partial charge in [-0.05, 0) is 31.2 Å². The molecular weight excluding hydrogens is 246 g/mol. The van der Waals surface area contributed by atoms with E-state index in [-0.39, 0.29) is 5.76 Å². The molecule has 0 spiro atoms. The van der Waals surface area contributed by atoms with Crippen LogP contribution in [0.25, 0.3) is 11.1 Å². The van der Waals surface area contributed by atoms with E-state index in [2.05, 4.69) is 0 Å². The van der Waals surface area contributed by atoms with E-state index in [1.807, 2.05) is 24.1 Å². The van der Waals surface area contributed by atoms with Crippen LogP contribution < -0.4 is 16.4 Å². The number of nitrogens with zero attached hydrogens (tertiary/aromatic N) is 2. The molecule has 3 N–H and O–H groups in total. The van der Waals surface area contributed by atoms with Gasteiger partial charge in [0.25, 0.3) is 0 Å². The van der Waals surface area contributed by atoms with Crippen LogP contribution in [0.3, 0.4) is 0 Å². The van der Waals surface area contributed by atoms with E-state index in [1.54, 1.807) is 13.1 Å². The van der Waals surface area contributed by atoms with Crippen LogP contribution in [0.4, 0.5) is 5.69 Å². The molecule has 19 heavy (non-hydrogen) atoms. The third-order valence-electron chi connectivity index (χ3n) is 3.20. The molecule has 1 aromatic carbocycles. The lowest BCUT2D eigenvalue weighted by Crippen LogP contribution is -2.30. The summed E-state index contributed by atoms with van der Waals surface area (Å²) >= 11 is 0. The van der Waals surface area contributed by atoms with Crippen LogP contribution in [-0.4, -0.2) is 35.9 Å². The Morgan fingerprint density at radius 3 is 2.95 bits per heavy atom. The van der Waals surface area contributed by atoms with Gasteiger partial charge in [0.1, 0.15) is 0 Å². The van der Waals surface area contributed by atoms with Gasteiger partial charge in [0.15, 0.2) is 5.58 Å². The van der Waals surface area contributed by atoms with Crippen LogP contribution in [0.1, 0.15) is 6.42 Å². The molecule has 1 heterocycles. The monoisotopic (exact) mass is 265 g/mol. The molecule has 0 bridgehead atoms. The summed E-state index contributed by atoms with van der Waals surface area (Å²) in [6, 6.07) is 5.49. The molecule has 2 rings (SSSR count). The SMILES string of the molecule is CN(CC(O)CCN)c1ccc2oc(=O)n(C)c2c1. The normalized spacial score (nSPS) is 12.8. The average molecular weight is 265 g/mol. The number of aromatic nitrogens is 1. The van der Waals surface area contributed by atoms with E-state index in [0.717, 1.165) is 11.2 Å². The lowest BCUT2D eigenvalue weighted by Gasteiger charge is -2.22. The van der Waals surface area contributed by atoms with Crippen molar-refractivity contribution in [3.8, 4) is 0 Å². The standard InChI is InChI=1S/C13H19N3O3/c1-15(8-10(17)5-6-14)9-3-4-12-11(7-9)16(2)13(18)19-12/h3-4,7,10,17H,5-6,8,14H2,1-2H3. The third kappa shape index (κ3) is 2.80. The second-order valence-electron chi connectivity index (χ2n) is 4.69. The van der Waals surface area contributed by atoms with E-state index >= 15 is 0 Å². The smallest absolute Gasteiger partial charge is 0.408 e. The molecule has 0 radical (unpaired) electrons. The van der Waals surface area contributed by atoms with E-state index < -0.39 is 6.10 Å². The maximum atomic E-state index is 11.4. The molecule has 0 fully saturated rings. The van der Waals surface area contributed by atoms with Crippen molar-refractivity contribution in [2.75, 3.05) is 25.0 Å². The lowest BCUT2D eigenvalue weighted by atomic mass is 10.2. The van der Waals surface area contributed by atoms with Crippen LogP contribution in [-0.2, 0) is 7.05 Å². The summed E-state index contributed by atoms with van der Waals surface area (Å²) < 4.78 is 6.54. The highest BCUT2D eigenvalue weighted by atomic mass is 16.4. The quantitative estimate of drug-likeness (QED) is 0.811. The highest BCUT2D eigenvalue weighted by Crippen LogP contribution is 2.20. The van der Waals surface area contributed by atoms with Gasteiger partial charge in [0.2, 0.25) is 0 Å². The summed E-state index contributed by atoms with van der Waals surface area (Å²) in [6.45, 7) is 0.957. The van der Waals surface area contributed by atoms with Gasteiger partial charge in [0, 0.05) is 26.3 Å². The number of oxazole rings is 1. The fourth-order valence-electron chi connectivity index (χ4n) is 2.06. The predicted molar refractivity (Wildman–Crippen MR) is 74.4 cm³/mol. The van der Waals surface area contributed by atoms with Gasteiger partial charge in [-0.3, -0.25) is 4.57 Å². The maximum Gasteiger partial charge on any atom is 0.419 e. The lowest BCUT2D eigenvalue weighted by molar-refractivity contribution is 0.174. The van der Waals surface area contributed by atoms with Crippen molar-refractivity contribution in [3.63, 3.8) is 0 Å². The summed E-state index contributed by atoms with van der Waals surface area (Å²) in [4.78, 5) is 13.3. The number of likely N-dealkylation sites (N-methyl/N-ethyl adjacent to an activating group) is 1. The minimum atomic E-state index is -0.459. The Kier molecular flexibility index (Phi) is 3.92. The zero-order valence-corrected chi connectivity index (χ0v) is 11.2. The van der Waals surface area contributed by atoms with Crippen molar-refractivity contribution in [1.29, 1.82) is 0 Å². The zero-order valence-electron chi connectivity index (χ0n) is 11.2. The molecule has 0 aliphatic carbocycles. The Balaban J connectivity index is 2.25. The molecule has 6 heteroatoms. The van der Waals surface area contributed by atoms with Gasteiger partial charge < -0.3 is 20.2 Å². The highest BCUT2D eigenvalue weighted by Gasteiger charge is 2.11. The van der Waals surface area contributed by atoms with E-state index in [4.69, 9.17) is 10.2 Å². The number of rotatable bonds is 5. The zero-order chi connectivity index (χ0) is 14.0. The maximum absolute atomic E-state index is 11.4. The van der Waals surface area contributed by atoms with Crippen molar-refractivity contribution in [2.45, 2.75) is 12.5 Å². The van der Waals surface area contributed by atoms with Crippen LogP contribution in [0, 0.1) is 0 Å². The van der Waals surface area contributed by atoms with Crippen LogP contribution in [0.2, 0.25) is 0 Å². The molecule has 1 unspecified atom stereocenters. The van der Waals surface area contributed by atoms with E-state index in [9.17, 15) is 9.90 Å². The number of hydrogen-bond acceptors (Lipinski definition) is 5. The van der Waals surface area contributed by atoms with Gasteiger partial charge in [-0.2, -0.15) is 0 Å². The van der Waals surface area contributed by atoms with Gasteiger partial charge >= 0.3 is 5.76 Å². The minimum Gasteiger partial charge on any atom is -0.408 e. The Labute approximate surface area is 111 Å². The fourth-order valence-corrected chi connectivity index (χ4v) is 2.06. The molecular formula is C13H19N3O3. The highest BCUT2D eigenvalue weighted by molar-refractivity contribution is 5.77. The van der Waals surface area contributed by atoms with Gasteiger partial charge in [-0.25, -0.2) is 4.79 Å². The molecule has 0 amide bonds. The fraction of sp³-hybridized carbons (Fsp3) is 0.462. The number of hydrogen-bond donors (Lipinski definition) is 2. The topological polar surface area (TPSA) is 84.6 Å². The number of anilines is 1. The molecule has 2 aromatic rings. The number of benzene rings is 1. The molecule has 0 saturated heterocycles. The number of aliphatic hydroxyl groups excluding tert-OH is 1. The summed E-state index contributed by atoms with van der Waals surface area (Å²) in [5.41, 5.74) is 7.63. The Hall–Kier alpha value is -1.79. The number of aliphatic hydroxyl groups is 1.